The topological polar surface area (TPSA) is 21.3 Å². The molecule has 0 saturated carbocycles. The van der Waals surface area contributed by atoms with Crippen LogP contribution in [0.25, 0.3) is 0 Å². The van der Waals surface area contributed by atoms with Crippen molar-refractivity contribution in [3.05, 3.63) is 64.7 Å². The van der Waals surface area contributed by atoms with Crippen molar-refractivity contribution in [2.24, 2.45) is 0 Å². The van der Waals surface area contributed by atoms with Crippen molar-refractivity contribution in [3.8, 4) is 5.75 Å². The van der Waals surface area contributed by atoms with Gasteiger partial charge >= 0.3 is 0 Å². The van der Waals surface area contributed by atoms with Crippen LogP contribution in [0, 0.1) is 0 Å². The number of hydrogen-bond donors (Lipinski definition) is 1. The molecule has 0 unspecified atom stereocenters. The summed E-state index contributed by atoms with van der Waals surface area (Å²) in [6.45, 7) is 6.48. The predicted octanol–water partition coefficient (Wildman–Crippen LogP) is 5.22. The Balaban J connectivity index is 0.00000208. The number of nitrogens with one attached hydrogen (secondary N) is 1. The molecule has 2 aromatic carbocycles. The third kappa shape index (κ3) is 4.24. The quantitative estimate of drug-likeness (QED) is 0.801. The van der Waals surface area contributed by atoms with E-state index in [-0.39, 0.29) is 23.9 Å². The summed E-state index contributed by atoms with van der Waals surface area (Å²) < 4.78 is 6.09. The van der Waals surface area contributed by atoms with Gasteiger partial charge in [0.2, 0.25) is 0 Å². The number of ether oxygens (including phenoxy) is 1. The van der Waals surface area contributed by atoms with Crippen molar-refractivity contribution in [2.75, 3.05) is 13.1 Å². The zero-order valence-electron chi connectivity index (χ0n) is 14.2. The zero-order valence-corrected chi connectivity index (χ0v) is 15.8. The Bertz CT molecular complexity index is 652. The van der Waals surface area contributed by atoms with E-state index in [1.165, 1.54) is 11.1 Å². The van der Waals surface area contributed by atoms with Gasteiger partial charge in [-0.2, -0.15) is 0 Å². The van der Waals surface area contributed by atoms with E-state index in [1.54, 1.807) is 0 Å². The van der Waals surface area contributed by atoms with Crippen molar-refractivity contribution in [2.45, 2.75) is 38.2 Å². The summed E-state index contributed by atoms with van der Waals surface area (Å²) in [5.41, 5.74) is 2.40. The first-order valence-electron chi connectivity index (χ1n) is 8.30. The first-order chi connectivity index (χ1) is 11.1. The van der Waals surface area contributed by atoms with Gasteiger partial charge < -0.3 is 10.1 Å². The summed E-state index contributed by atoms with van der Waals surface area (Å²) in [4.78, 5) is 0. The molecule has 0 amide bonds. The van der Waals surface area contributed by atoms with Gasteiger partial charge in [0.05, 0.1) is 5.02 Å². The molecule has 0 radical (unpaired) electrons. The van der Waals surface area contributed by atoms with E-state index in [9.17, 15) is 0 Å². The molecule has 1 fully saturated rings. The van der Waals surface area contributed by atoms with Crippen LogP contribution in [0.5, 0.6) is 5.75 Å². The smallest absolute Gasteiger partial charge is 0.138 e. The van der Waals surface area contributed by atoms with E-state index < -0.39 is 0 Å². The van der Waals surface area contributed by atoms with E-state index in [1.807, 2.05) is 18.2 Å². The third-order valence-corrected chi connectivity index (χ3v) is 5.02. The minimum absolute atomic E-state index is 0. The molecule has 1 aliphatic heterocycles. The Hall–Kier alpha value is -1.22. The van der Waals surface area contributed by atoms with Crippen LogP contribution in [0.3, 0.4) is 0 Å². The molecule has 1 saturated heterocycles. The van der Waals surface area contributed by atoms with Gasteiger partial charge in [-0.15, -0.1) is 12.4 Å². The van der Waals surface area contributed by atoms with Gasteiger partial charge in [0.1, 0.15) is 11.9 Å². The first kappa shape index (κ1) is 19.1. The number of rotatable bonds is 4. The van der Waals surface area contributed by atoms with Crippen LogP contribution in [0.1, 0.15) is 37.8 Å². The van der Waals surface area contributed by atoms with Crippen LogP contribution < -0.4 is 10.1 Å². The van der Waals surface area contributed by atoms with E-state index in [0.717, 1.165) is 31.7 Å². The first-order valence-corrected chi connectivity index (χ1v) is 8.68. The molecular weight excluding hydrogens is 341 g/mol. The highest BCUT2D eigenvalue weighted by molar-refractivity contribution is 6.32. The molecular formula is C20H25Cl2NO. The van der Waals surface area contributed by atoms with Gasteiger partial charge in [-0.3, -0.25) is 0 Å². The second-order valence-corrected chi connectivity index (χ2v) is 7.11. The second-order valence-electron chi connectivity index (χ2n) is 6.70. The molecule has 0 aliphatic carbocycles. The molecule has 0 spiro atoms. The van der Waals surface area contributed by atoms with Crippen molar-refractivity contribution >= 4 is 24.0 Å². The molecule has 2 aromatic rings. The standard InChI is InChI=1S/C20H24ClNO.ClH/c1-20(2,15-6-4-3-5-7-15)16-8-9-19(18(21)14-16)23-17-10-12-22-13-11-17;/h3-9,14,17,22H,10-13H2,1-2H3;1H. The molecule has 1 aliphatic rings. The Kier molecular flexibility index (Phi) is 6.56. The average molecular weight is 366 g/mol. The van der Waals surface area contributed by atoms with Gasteiger partial charge in [0.15, 0.2) is 0 Å². The van der Waals surface area contributed by atoms with Crippen molar-refractivity contribution < 1.29 is 4.74 Å². The van der Waals surface area contributed by atoms with Crippen LogP contribution >= 0.6 is 24.0 Å². The lowest BCUT2D eigenvalue weighted by molar-refractivity contribution is 0.162. The minimum Gasteiger partial charge on any atom is -0.489 e. The lowest BCUT2D eigenvalue weighted by atomic mass is 9.78. The molecule has 1 heterocycles. The largest absolute Gasteiger partial charge is 0.489 e. The average Bonchev–Trinajstić information content (AvgIpc) is 2.58. The molecule has 0 aromatic heterocycles. The zero-order chi connectivity index (χ0) is 16.3. The SMILES string of the molecule is CC(C)(c1ccccc1)c1ccc(OC2CCNCC2)c(Cl)c1.Cl. The maximum Gasteiger partial charge on any atom is 0.138 e. The van der Waals surface area contributed by atoms with E-state index in [2.05, 4.69) is 49.5 Å². The summed E-state index contributed by atoms with van der Waals surface area (Å²) in [7, 11) is 0. The van der Waals surface area contributed by atoms with Gasteiger partial charge in [-0.25, -0.2) is 0 Å². The van der Waals surface area contributed by atoms with Crippen molar-refractivity contribution in [1.29, 1.82) is 0 Å². The highest BCUT2D eigenvalue weighted by Crippen LogP contribution is 2.36. The molecule has 2 nitrogen and oxygen atoms in total. The maximum absolute atomic E-state index is 6.50. The molecule has 0 atom stereocenters. The van der Waals surface area contributed by atoms with Crippen LogP contribution in [0.2, 0.25) is 5.02 Å². The third-order valence-electron chi connectivity index (χ3n) is 4.73. The highest BCUT2D eigenvalue weighted by Gasteiger charge is 2.24. The molecule has 1 N–H and O–H groups in total. The lowest BCUT2D eigenvalue weighted by Gasteiger charge is -2.28. The van der Waals surface area contributed by atoms with Gasteiger partial charge in [-0.1, -0.05) is 61.8 Å². The number of piperidine rings is 1. The Labute approximate surface area is 156 Å². The monoisotopic (exact) mass is 365 g/mol. The molecule has 130 valence electrons. The molecule has 0 bridgehead atoms. The Morgan fingerprint density at radius 3 is 2.29 bits per heavy atom. The second kappa shape index (κ2) is 8.24. The summed E-state index contributed by atoms with van der Waals surface area (Å²) >= 11 is 6.50. The van der Waals surface area contributed by atoms with Crippen molar-refractivity contribution in [1.82, 2.24) is 5.32 Å². The molecule has 24 heavy (non-hydrogen) atoms. The number of halogens is 2. The molecule has 3 rings (SSSR count). The maximum atomic E-state index is 6.50. The fourth-order valence-electron chi connectivity index (χ4n) is 3.10. The summed E-state index contributed by atoms with van der Waals surface area (Å²) in [6, 6.07) is 16.7. The van der Waals surface area contributed by atoms with Crippen molar-refractivity contribution in [3.63, 3.8) is 0 Å². The summed E-state index contributed by atoms with van der Waals surface area (Å²) in [5, 5.41) is 4.05. The minimum atomic E-state index is -0.0851. The number of benzene rings is 2. The normalized spacial score (nSPS) is 15.6. The van der Waals surface area contributed by atoms with Gasteiger partial charge in [0, 0.05) is 5.41 Å². The van der Waals surface area contributed by atoms with E-state index in [4.69, 9.17) is 16.3 Å². The van der Waals surface area contributed by atoms with Gasteiger partial charge in [0.25, 0.3) is 0 Å². The van der Waals surface area contributed by atoms with Crippen LogP contribution in [-0.2, 0) is 5.41 Å². The van der Waals surface area contributed by atoms with Crippen LogP contribution in [0.15, 0.2) is 48.5 Å². The Morgan fingerprint density at radius 2 is 1.67 bits per heavy atom. The van der Waals surface area contributed by atoms with Crippen LogP contribution in [-0.4, -0.2) is 19.2 Å². The van der Waals surface area contributed by atoms with Crippen LogP contribution in [0.4, 0.5) is 0 Å². The van der Waals surface area contributed by atoms with E-state index in [0.29, 0.717) is 5.02 Å². The summed E-state index contributed by atoms with van der Waals surface area (Å²) in [5.74, 6) is 0.797. The van der Waals surface area contributed by atoms with Gasteiger partial charge in [-0.05, 0) is 49.2 Å². The lowest BCUT2D eigenvalue weighted by Crippen LogP contribution is -2.34. The highest BCUT2D eigenvalue weighted by atomic mass is 35.5. The summed E-state index contributed by atoms with van der Waals surface area (Å²) in [6.07, 6.45) is 2.34. The van der Waals surface area contributed by atoms with E-state index >= 15 is 0 Å². The molecule has 4 heteroatoms. The number of hydrogen-bond acceptors (Lipinski definition) is 2. The predicted molar refractivity (Wildman–Crippen MR) is 104 cm³/mol. The fraction of sp³-hybridized carbons (Fsp3) is 0.400. The Morgan fingerprint density at radius 1 is 1.00 bits per heavy atom. The fourth-order valence-corrected chi connectivity index (χ4v) is 3.32.